The van der Waals surface area contributed by atoms with Gasteiger partial charge in [-0.1, -0.05) is 48.5 Å². The molecule has 2 aromatic rings. The van der Waals surface area contributed by atoms with Crippen molar-refractivity contribution in [3.8, 4) is 5.75 Å². The molecule has 3 heteroatoms. The first kappa shape index (κ1) is 12.9. The van der Waals surface area contributed by atoms with Crippen molar-refractivity contribution in [2.75, 3.05) is 13.2 Å². The van der Waals surface area contributed by atoms with Crippen molar-refractivity contribution in [3.05, 3.63) is 65.7 Å². The highest BCUT2D eigenvalue weighted by molar-refractivity contribution is 5.38. The SMILES string of the molecule is c1ccc(CC2COC3c4ccccc4OCC3N2)cc1. The van der Waals surface area contributed by atoms with Crippen molar-refractivity contribution in [1.82, 2.24) is 5.32 Å². The van der Waals surface area contributed by atoms with Crippen LogP contribution in [-0.2, 0) is 11.2 Å². The minimum Gasteiger partial charge on any atom is -0.491 e. The lowest BCUT2D eigenvalue weighted by atomic mass is 9.95. The second kappa shape index (κ2) is 5.51. The Morgan fingerprint density at radius 1 is 0.952 bits per heavy atom. The summed E-state index contributed by atoms with van der Waals surface area (Å²) in [4.78, 5) is 0. The zero-order valence-corrected chi connectivity index (χ0v) is 11.9. The third-order valence-electron chi connectivity index (χ3n) is 4.26. The van der Waals surface area contributed by atoms with Crippen LogP contribution < -0.4 is 10.1 Å². The lowest BCUT2D eigenvalue weighted by Crippen LogP contribution is -2.55. The van der Waals surface area contributed by atoms with Crippen molar-refractivity contribution < 1.29 is 9.47 Å². The molecular weight excluding hydrogens is 262 g/mol. The van der Waals surface area contributed by atoms with Crippen molar-refractivity contribution >= 4 is 0 Å². The van der Waals surface area contributed by atoms with E-state index in [2.05, 4.69) is 41.7 Å². The maximum atomic E-state index is 6.15. The van der Waals surface area contributed by atoms with E-state index in [9.17, 15) is 0 Å². The highest BCUT2D eigenvalue weighted by Crippen LogP contribution is 2.36. The van der Waals surface area contributed by atoms with E-state index in [4.69, 9.17) is 9.47 Å². The van der Waals surface area contributed by atoms with E-state index in [0.29, 0.717) is 12.6 Å². The number of hydrogen-bond acceptors (Lipinski definition) is 3. The van der Waals surface area contributed by atoms with E-state index in [1.165, 1.54) is 11.1 Å². The van der Waals surface area contributed by atoms with E-state index in [1.54, 1.807) is 0 Å². The number of benzene rings is 2. The first-order valence-corrected chi connectivity index (χ1v) is 7.53. The molecule has 0 amide bonds. The molecule has 1 N–H and O–H groups in total. The summed E-state index contributed by atoms with van der Waals surface area (Å²) in [7, 11) is 0. The van der Waals surface area contributed by atoms with E-state index < -0.39 is 0 Å². The van der Waals surface area contributed by atoms with Gasteiger partial charge in [-0.3, -0.25) is 0 Å². The highest BCUT2D eigenvalue weighted by atomic mass is 16.5. The Bertz CT molecular complexity index is 614. The molecule has 1 fully saturated rings. The molecule has 2 aromatic carbocycles. The van der Waals surface area contributed by atoms with E-state index >= 15 is 0 Å². The molecule has 3 atom stereocenters. The molecule has 0 bridgehead atoms. The van der Waals surface area contributed by atoms with Gasteiger partial charge in [0.05, 0.1) is 12.6 Å². The molecule has 0 saturated carbocycles. The standard InChI is InChI=1S/C18H19NO2/c1-2-6-13(7-3-1)10-14-11-21-18-15-8-4-5-9-17(15)20-12-16(18)19-14/h1-9,14,16,18-19H,10-12H2. The summed E-state index contributed by atoms with van der Waals surface area (Å²) >= 11 is 0. The molecule has 2 aliphatic heterocycles. The molecule has 0 radical (unpaired) electrons. The first-order valence-electron chi connectivity index (χ1n) is 7.53. The summed E-state index contributed by atoms with van der Waals surface area (Å²) in [5, 5.41) is 3.69. The minimum absolute atomic E-state index is 0.113. The molecule has 108 valence electrons. The van der Waals surface area contributed by atoms with Gasteiger partial charge >= 0.3 is 0 Å². The third kappa shape index (κ3) is 2.55. The average molecular weight is 281 g/mol. The Kier molecular flexibility index (Phi) is 3.37. The lowest BCUT2D eigenvalue weighted by Gasteiger charge is -2.41. The predicted octanol–water partition coefficient (Wildman–Crippen LogP) is 2.72. The van der Waals surface area contributed by atoms with Gasteiger partial charge < -0.3 is 14.8 Å². The summed E-state index contributed by atoms with van der Waals surface area (Å²) in [5.74, 6) is 0.960. The van der Waals surface area contributed by atoms with Gasteiger partial charge in [0.15, 0.2) is 0 Å². The molecule has 0 aliphatic carbocycles. The third-order valence-corrected chi connectivity index (χ3v) is 4.26. The van der Waals surface area contributed by atoms with Crippen LogP contribution in [-0.4, -0.2) is 25.3 Å². The monoisotopic (exact) mass is 281 g/mol. The number of nitrogens with one attached hydrogen (secondary N) is 1. The Morgan fingerprint density at radius 3 is 2.67 bits per heavy atom. The van der Waals surface area contributed by atoms with Gasteiger partial charge in [-0.2, -0.15) is 0 Å². The van der Waals surface area contributed by atoms with Crippen LogP contribution in [0.4, 0.5) is 0 Å². The molecular formula is C18H19NO2. The summed E-state index contributed by atoms with van der Waals surface area (Å²) in [6, 6.07) is 19.3. The second-order valence-electron chi connectivity index (χ2n) is 5.76. The largest absolute Gasteiger partial charge is 0.491 e. The molecule has 1 saturated heterocycles. The summed E-state index contributed by atoms with van der Waals surface area (Å²) in [6.07, 6.45) is 1.10. The van der Waals surface area contributed by atoms with Gasteiger partial charge in [0.1, 0.15) is 18.5 Å². The smallest absolute Gasteiger partial charge is 0.125 e. The van der Waals surface area contributed by atoms with Gasteiger partial charge in [0, 0.05) is 11.6 Å². The Hall–Kier alpha value is -1.84. The van der Waals surface area contributed by atoms with Crippen molar-refractivity contribution in [2.45, 2.75) is 24.6 Å². The van der Waals surface area contributed by atoms with Crippen LogP contribution in [0, 0.1) is 0 Å². The maximum Gasteiger partial charge on any atom is 0.125 e. The zero-order valence-electron chi connectivity index (χ0n) is 11.9. The number of hydrogen-bond donors (Lipinski definition) is 1. The van der Waals surface area contributed by atoms with Crippen LogP contribution in [0.2, 0.25) is 0 Å². The molecule has 21 heavy (non-hydrogen) atoms. The fourth-order valence-electron chi connectivity index (χ4n) is 3.26. The van der Waals surface area contributed by atoms with Crippen LogP contribution in [0.5, 0.6) is 5.75 Å². The van der Waals surface area contributed by atoms with Gasteiger partial charge in [-0.25, -0.2) is 0 Å². The Morgan fingerprint density at radius 2 is 1.76 bits per heavy atom. The second-order valence-corrected chi connectivity index (χ2v) is 5.76. The van der Waals surface area contributed by atoms with Crippen LogP contribution in [0.1, 0.15) is 17.2 Å². The van der Waals surface area contributed by atoms with Gasteiger partial charge in [0.25, 0.3) is 0 Å². The van der Waals surface area contributed by atoms with E-state index in [0.717, 1.165) is 18.8 Å². The van der Waals surface area contributed by atoms with Crippen LogP contribution in [0.25, 0.3) is 0 Å². The zero-order chi connectivity index (χ0) is 14.1. The number of fused-ring (bicyclic) bond motifs is 3. The number of morpholine rings is 1. The van der Waals surface area contributed by atoms with Crippen molar-refractivity contribution in [1.29, 1.82) is 0 Å². The Balaban J connectivity index is 1.48. The van der Waals surface area contributed by atoms with Crippen LogP contribution >= 0.6 is 0 Å². The fourth-order valence-corrected chi connectivity index (χ4v) is 3.26. The minimum atomic E-state index is 0.113. The fraction of sp³-hybridized carbons (Fsp3) is 0.333. The summed E-state index contributed by atoms with van der Waals surface area (Å²) in [5.41, 5.74) is 2.51. The number of rotatable bonds is 2. The maximum absolute atomic E-state index is 6.15. The molecule has 2 heterocycles. The Labute approximate surface area is 124 Å². The molecule has 4 rings (SSSR count). The van der Waals surface area contributed by atoms with Gasteiger partial charge in [-0.05, 0) is 18.1 Å². The van der Waals surface area contributed by atoms with Gasteiger partial charge in [-0.15, -0.1) is 0 Å². The quantitative estimate of drug-likeness (QED) is 0.918. The molecule has 0 aromatic heterocycles. The molecule has 3 nitrogen and oxygen atoms in total. The summed E-state index contributed by atoms with van der Waals surface area (Å²) in [6.45, 7) is 1.41. The topological polar surface area (TPSA) is 30.5 Å². The van der Waals surface area contributed by atoms with Crippen LogP contribution in [0.15, 0.2) is 54.6 Å². The number of ether oxygens (including phenoxy) is 2. The van der Waals surface area contributed by atoms with E-state index in [-0.39, 0.29) is 12.1 Å². The normalized spacial score (nSPS) is 27.3. The first-order chi connectivity index (χ1) is 10.4. The average Bonchev–Trinajstić information content (AvgIpc) is 2.55. The molecule has 3 unspecified atom stereocenters. The van der Waals surface area contributed by atoms with Gasteiger partial charge in [0.2, 0.25) is 0 Å². The van der Waals surface area contributed by atoms with E-state index in [1.807, 2.05) is 18.2 Å². The molecule has 2 aliphatic rings. The molecule has 0 spiro atoms. The summed E-state index contributed by atoms with van der Waals surface area (Å²) < 4.78 is 12.0. The highest BCUT2D eigenvalue weighted by Gasteiger charge is 2.36. The van der Waals surface area contributed by atoms with Crippen molar-refractivity contribution in [2.24, 2.45) is 0 Å². The predicted molar refractivity (Wildman–Crippen MR) is 81.5 cm³/mol. The van der Waals surface area contributed by atoms with Crippen molar-refractivity contribution in [3.63, 3.8) is 0 Å². The lowest BCUT2D eigenvalue weighted by molar-refractivity contribution is -0.0518. The number of para-hydroxylation sites is 1. The van der Waals surface area contributed by atoms with Crippen LogP contribution in [0.3, 0.4) is 0 Å².